The zero-order valence-corrected chi connectivity index (χ0v) is 12.2. The Kier molecular flexibility index (Phi) is 5.12. The highest BCUT2D eigenvalue weighted by Gasteiger charge is 2.17. The van der Waals surface area contributed by atoms with Crippen LogP contribution in [-0.4, -0.2) is 40.1 Å². The molecule has 0 aromatic heterocycles. The van der Waals surface area contributed by atoms with Crippen molar-refractivity contribution in [2.24, 2.45) is 5.14 Å². The van der Waals surface area contributed by atoms with Gasteiger partial charge in [0.1, 0.15) is 0 Å². The summed E-state index contributed by atoms with van der Waals surface area (Å²) in [5.41, 5.74) is 0.767. The Balaban J connectivity index is 1.92. The van der Waals surface area contributed by atoms with E-state index in [2.05, 4.69) is 15.4 Å². The highest BCUT2D eigenvalue weighted by atomic mass is 32.2. The average Bonchev–Trinajstić information content (AvgIpc) is 2.38. The lowest BCUT2D eigenvalue weighted by molar-refractivity contribution is -0.119. The summed E-state index contributed by atoms with van der Waals surface area (Å²) in [7, 11) is -3.84. The standard InChI is InChI=1S/C12H18N4O4S/c13-21(18,19)16-10-3-1-2-9(6-10)15-12(17)7-11-8-14-4-5-20-11/h1-3,6,11,14,16H,4-5,7-8H2,(H,15,17)(H2,13,18,19). The zero-order valence-electron chi connectivity index (χ0n) is 11.3. The zero-order chi connectivity index (χ0) is 15.3. The van der Waals surface area contributed by atoms with Gasteiger partial charge in [-0.2, -0.15) is 8.42 Å². The van der Waals surface area contributed by atoms with Crippen molar-refractivity contribution >= 4 is 27.5 Å². The minimum atomic E-state index is -3.84. The lowest BCUT2D eigenvalue weighted by Gasteiger charge is -2.23. The number of carbonyl (C=O) groups excluding carboxylic acids is 1. The molecule has 1 aliphatic rings. The molecule has 1 fully saturated rings. The van der Waals surface area contributed by atoms with Crippen LogP contribution >= 0.6 is 0 Å². The number of ether oxygens (including phenoxy) is 1. The maximum atomic E-state index is 11.9. The predicted octanol–water partition coefficient (Wildman–Crippen LogP) is -0.381. The fourth-order valence-corrected chi connectivity index (χ4v) is 2.45. The predicted molar refractivity (Wildman–Crippen MR) is 79.0 cm³/mol. The van der Waals surface area contributed by atoms with Gasteiger partial charge in [0.2, 0.25) is 5.91 Å². The molecule has 5 N–H and O–H groups in total. The van der Waals surface area contributed by atoms with Gasteiger partial charge in [0, 0.05) is 18.8 Å². The fourth-order valence-electron chi connectivity index (χ4n) is 1.99. The molecule has 1 saturated heterocycles. The SMILES string of the molecule is NS(=O)(=O)Nc1cccc(NC(=O)CC2CNCCO2)c1. The monoisotopic (exact) mass is 314 g/mol. The van der Waals surface area contributed by atoms with Crippen LogP contribution in [0.15, 0.2) is 24.3 Å². The summed E-state index contributed by atoms with van der Waals surface area (Å²) in [6, 6.07) is 6.30. The first-order valence-electron chi connectivity index (χ1n) is 6.45. The van der Waals surface area contributed by atoms with Crippen LogP contribution in [0.25, 0.3) is 0 Å². The summed E-state index contributed by atoms with van der Waals surface area (Å²) < 4.78 is 29.5. The second-order valence-electron chi connectivity index (χ2n) is 4.68. The van der Waals surface area contributed by atoms with E-state index < -0.39 is 10.2 Å². The number of amides is 1. The van der Waals surface area contributed by atoms with E-state index in [0.29, 0.717) is 18.8 Å². The third-order valence-electron chi connectivity index (χ3n) is 2.82. The molecule has 0 aliphatic carbocycles. The maximum absolute atomic E-state index is 11.9. The van der Waals surface area contributed by atoms with E-state index in [-0.39, 0.29) is 24.1 Å². The van der Waals surface area contributed by atoms with Crippen LogP contribution in [0.5, 0.6) is 0 Å². The van der Waals surface area contributed by atoms with Crippen molar-refractivity contribution in [2.45, 2.75) is 12.5 Å². The smallest absolute Gasteiger partial charge is 0.296 e. The van der Waals surface area contributed by atoms with Gasteiger partial charge >= 0.3 is 0 Å². The van der Waals surface area contributed by atoms with Gasteiger partial charge in [-0.25, -0.2) is 5.14 Å². The normalized spacial score (nSPS) is 19.0. The van der Waals surface area contributed by atoms with Crippen LogP contribution in [0.2, 0.25) is 0 Å². The molecule has 9 heteroatoms. The second-order valence-corrected chi connectivity index (χ2v) is 5.97. The van der Waals surface area contributed by atoms with Crippen molar-refractivity contribution in [3.8, 4) is 0 Å². The summed E-state index contributed by atoms with van der Waals surface area (Å²) in [5, 5.41) is 10.7. The Morgan fingerprint density at radius 2 is 2.19 bits per heavy atom. The summed E-state index contributed by atoms with van der Waals surface area (Å²) in [6.07, 6.45) is 0.0873. The van der Waals surface area contributed by atoms with Crippen LogP contribution in [-0.2, 0) is 19.7 Å². The van der Waals surface area contributed by atoms with Crippen LogP contribution in [0.3, 0.4) is 0 Å². The minimum Gasteiger partial charge on any atom is -0.375 e. The Morgan fingerprint density at radius 3 is 2.86 bits per heavy atom. The van der Waals surface area contributed by atoms with E-state index in [0.717, 1.165) is 6.54 Å². The highest BCUT2D eigenvalue weighted by molar-refractivity contribution is 7.90. The van der Waals surface area contributed by atoms with E-state index in [1.807, 2.05) is 0 Å². The first-order valence-corrected chi connectivity index (χ1v) is 8.00. The van der Waals surface area contributed by atoms with Crippen molar-refractivity contribution in [1.82, 2.24) is 5.32 Å². The van der Waals surface area contributed by atoms with Crippen LogP contribution < -0.4 is 20.5 Å². The van der Waals surface area contributed by atoms with Gasteiger partial charge in [0.05, 0.1) is 24.8 Å². The molecule has 2 rings (SSSR count). The van der Waals surface area contributed by atoms with E-state index in [4.69, 9.17) is 9.88 Å². The molecule has 1 aromatic rings. The first kappa shape index (κ1) is 15.7. The van der Waals surface area contributed by atoms with Crippen LogP contribution in [0.4, 0.5) is 11.4 Å². The molecule has 8 nitrogen and oxygen atoms in total. The van der Waals surface area contributed by atoms with Gasteiger partial charge in [0.15, 0.2) is 0 Å². The molecule has 1 aliphatic heterocycles. The number of rotatable bonds is 5. The number of nitrogens with two attached hydrogens (primary N) is 1. The van der Waals surface area contributed by atoms with Gasteiger partial charge in [-0.3, -0.25) is 9.52 Å². The topological polar surface area (TPSA) is 123 Å². The lowest BCUT2D eigenvalue weighted by atomic mass is 10.2. The number of carbonyl (C=O) groups is 1. The van der Waals surface area contributed by atoms with Gasteiger partial charge in [-0.1, -0.05) is 6.07 Å². The summed E-state index contributed by atoms with van der Waals surface area (Å²) >= 11 is 0. The van der Waals surface area contributed by atoms with Gasteiger partial charge in [-0.15, -0.1) is 0 Å². The van der Waals surface area contributed by atoms with Crippen molar-refractivity contribution < 1.29 is 17.9 Å². The Labute approximate surface area is 123 Å². The molecule has 1 amide bonds. The van der Waals surface area contributed by atoms with Gasteiger partial charge in [-0.05, 0) is 18.2 Å². The van der Waals surface area contributed by atoms with E-state index in [1.54, 1.807) is 12.1 Å². The largest absolute Gasteiger partial charge is 0.375 e. The molecular formula is C12H18N4O4S. The molecular weight excluding hydrogens is 296 g/mol. The molecule has 0 radical (unpaired) electrons. The first-order chi connectivity index (χ1) is 9.92. The maximum Gasteiger partial charge on any atom is 0.296 e. The van der Waals surface area contributed by atoms with Crippen molar-refractivity contribution in [1.29, 1.82) is 0 Å². The Morgan fingerprint density at radius 1 is 1.43 bits per heavy atom. The highest BCUT2D eigenvalue weighted by Crippen LogP contribution is 2.16. The molecule has 0 saturated carbocycles. The van der Waals surface area contributed by atoms with Crippen molar-refractivity contribution in [3.05, 3.63) is 24.3 Å². The third-order valence-corrected chi connectivity index (χ3v) is 3.34. The van der Waals surface area contributed by atoms with E-state index in [1.165, 1.54) is 12.1 Å². The fraction of sp³-hybridized carbons (Fsp3) is 0.417. The number of hydrogen-bond donors (Lipinski definition) is 4. The van der Waals surface area contributed by atoms with Gasteiger partial charge in [0.25, 0.3) is 10.2 Å². The minimum absolute atomic E-state index is 0.149. The average molecular weight is 314 g/mol. The number of benzene rings is 1. The number of morpholine rings is 1. The summed E-state index contributed by atoms with van der Waals surface area (Å²) in [4.78, 5) is 11.9. The number of hydrogen-bond acceptors (Lipinski definition) is 5. The quantitative estimate of drug-likeness (QED) is 0.590. The number of anilines is 2. The van der Waals surface area contributed by atoms with Gasteiger partial charge < -0.3 is 15.4 Å². The molecule has 0 spiro atoms. The summed E-state index contributed by atoms with van der Waals surface area (Å²) in [6.45, 7) is 2.02. The van der Waals surface area contributed by atoms with E-state index >= 15 is 0 Å². The Bertz CT molecular complexity index is 599. The second kappa shape index (κ2) is 6.85. The third kappa shape index (κ3) is 5.68. The molecule has 1 aromatic carbocycles. The van der Waals surface area contributed by atoms with Crippen molar-refractivity contribution in [2.75, 3.05) is 29.7 Å². The van der Waals surface area contributed by atoms with Crippen molar-refractivity contribution in [3.63, 3.8) is 0 Å². The summed E-state index contributed by atoms with van der Waals surface area (Å²) in [5.74, 6) is -0.198. The molecule has 0 bridgehead atoms. The number of nitrogens with one attached hydrogen (secondary N) is 3. The van der Waals surface area contributed by atoms with E-state index in [9.17, 15) is 13.2 Å². The molecule has 116 valence electrons. The lowest BCUT2D eigenvalue weighted by Crippen LogP contribution is -2.40. The van der Waals surface area contributed by atoms with Crippen LogP contribution in [0, 0.1) is 0 Å². The molecule has 1 atom stereocenters. The molecule has 21 heavy (non-hydrogen) atoms. The Hall–Kier alpha value is -1.68. The molecule has 1 heterocycles. The van der Waals surface area contributed by atoms with Crippen LogP contribution in [0.1, 0.15) is 6.42 Å². The molecule has 1 unspecified atom stereocenters.